The maximum Gasteiger partial charge on any atom is 0.253 e. The average Bonchev–Trinajstić information content (AvgIpc) is 2.71. The smallest absolute Gasteiger partial charge is 0.253 e. The molecule has 4 heteroatoms. The second kappa shape index (κ2) is 5.27. The predicted octanol–water partition coefficient (Wildman–Crippen LogP) is 1.82. The summed E-state index contributed by atoms with van der Waals surface area (Å²) in [6.45, 7) is 2.22. The summed E-state index contributed by atoms with van der Waals surface area (Å²) in [4.78, 5) is 26.4. The number of carbonyl (C=O) groups excluding carboxylic acids is 2. The molecule has 1 atom stereocenters. The molecule has 2 amide bonds. The molecule has 2 heterocycles. The highest BCUT2D eigenvalue weighted by Crippen LogP contribution is 2.38. The zero-order valence-electron chi connectivity index (χ0n) is 11.6. The van der Waals surface area contributed by atoms with Crippen LogP contribution in [0.3, 0.4) is 0 Å². The predicted molar refractivity (Wildman–Crippen MR) is 76.3 cm³/mol. The van der Waals surface area contributed by atoms with Gasteiger partial charge in [0.15, 0.2) is 0 Å². The Morgan fingerprint density at radius 1 is 1.10 bits per heavy atom. The highest BCUT2D eigenvalue weighted by atomic mass is 16.2. The van der Waals surface area contributed by atoms with Gasteiger partial charge < -0.3 is 10.2 Å². The maximum absolute atomic E-state index is 12.5. The van der Waals surface area contributed by atoms with Gasteiger partial charge in [0, 0.05) is 25.2 Å². The number of likely N-dealkylation sites (tertiary alicyclic amines) is 1. The molecule has 0 saturated carbocycles. The third kappa shape index (κ3) is 2.30. The van der Waals surface area contributed by atoms with Crippen LogP contribution in [0, 0.1) is 5.41 Å². The number of hydrogen-bond donors (Lipinski definition) is 1. The normalized spacial score (nSPS) is 26.4. The molecule has 1 aromatic carbocycles. The third-order valence-electron chi connectivity index (χ3n) is 4.62. The number of benzene rings is 1. The summed E-state index contributed by atoms with van der Waals surface area (Å²) >= 11 is 0. The van der Waals surface area contributed by atoms with E-state index in [-0.39, 0.29) is 17.2 Å². The molecule has 2 fully saturated rings. The molecule has 3 rings (SSSR count). The third-order valence-corrected chi connectivity index (χ3v) is 4.62. The number of amides is 2. The van der Waals surface area contributed by atoms with Crippen LogP contribution in [0.4, 0.5) is 0 Å². The van der Waals surface area contributed by atoms with E-state index < -0.39 is 0 Å². The zero-order valence-corrected chi connectivity index (χ0v) is 11.6. The average molecular weight is 272 g/mol. The van der Waals surface area contributed by atoms with Crippen LogP contribution < -0.4 is 5.32 Å². The van der Waals surface area contributed by atoms with Gasteiger partial charge in [0.25, 0.3) is 5.91 Å². The first-order chi connectivity index (χ1) is 9.71. The molecule has 0 bridgehead atoms. The van der Waals surface area contributed by atoms with Gasteiger partial charge in [-0.15, -0.1) is 0 Å². The lowest BCUT2D eigenvalue weighted by atomic mass is 9.79. The molecule has 4 nitrogen and oxygen atoms in total. The minimum absolute atomic E-state index is 0.0843. The molecule has 1 N–H and O–H groups in total. The topological polar surface area (TPSA) is 49.4 Å². The molecule has 2 aliphatic heterocycles. The van der Waals surface area contributed by atoms with E-state index in [1.54, 1.807) is 0 Å². The van der Waals surface area contributed by atoms with Gasteiger partial charge in [0.1, 0.15) is 0 Å². The van der Waals surface area contributed by atoms with Crippen molar-refractivity contribution in [2.24, 2.45) is 5.41 Å². The van der Waals surface area contributed by atoms with E-state index in [0.29, 0.717) is 6.54 Å². The van der Waals surface area contributed by atoms with E-state index >= 15 is 0 Å². The Kier molecular flexibility index (Phi) is 3.47. The van der Waals surface area contributed by atoms with E-state index in [4.69, 9.17) is 0 Å². The first-order valence-corrected chi connectivity index (χ1v) is 7.34. The quantitative estimate of drug-likeness (QED) is 0.847. The minimum Gasteiger partial charge on any atom is -0.356 e. The highest BCUT2D eigenvalue weighted by molar-refractivity contribution is 5.94. The van der Waals surface area contributed by atoms with Crippen molar-refractivity contribution in [3.8, 4) is 0 Å². The van der Waals surface area contributed by atoms with Crippen molar-refractivity contribution < 1.29 is 9.59 Å². The zero-order chi connectivity index (χ0) is 14.0. The van der Waals surface area contributed by atoms with Gasteiger partial charge in [-0.05, 0) is 37.8 Å². The van der Waals surface area contributed by atoms with Crippen LogP contribution in [0.5, 0.6) is 0 Å². The first-order valence-electron chi connectivity index (χ1n) is 7.34. The molecule has 1 aromatic rings. The molecule has 2 saturated heterocycles. The Bertz CT molecular complexity index is 514. The molecule has 1 unspecified atom stereocenters. The van der Waals surface area contributed by atoms with Crippen molar-refractivity contribution in [3.63, 3.8) is 0 Å². The van der Waals surface area contributed by atoms with Gasteiger partial charge >= 0.3 is 0 Å². The van der Waals surface area contributed by atoms with Crippen LogP contribution in [-0.2, 0) is 4.79 Å². The van der Waals surface area contributed by atoms with Crippen LogP contribution in [0.25, 0.3) is 0 Å². The van der Waals surface area contributed by atoms with Gasteiger partial charge in [-0.3, -0.25) is 9.59 Å². The molecule has 20 heavy (non-hydrogen) atoms. The summed E-state index contributed by atoms with van der Waals surface area (Å²) < 4.78 is 0. The lowest BCUT2D eigenvalue weighted by Crippen LogP contribution is -2.35. The Labute approximate surface area is 119 Å². The number of nitrogens with one attached hydrogen (secondary N) is 1. The molecule has 106 valence electrons. The van der Waals surface area contributed by atoms with Crippen LogP contribution in [-0.4, -0.2) is 36.3 Å². The van der Waals surface area contributed by atoms with Gasteiger partial charge in [0.2, 0.25) is 5.91 Å². The fourth-order valence-corrected chi connectivity index (χ4v) is 3.35. The standard InChI is InChI=1S/C16H20N2O2/c19-14(13-5-2-1-3-6-13)18-11-4-7-16(9-12-18)8-10-17-15(16)20/h1-3,5-6H,4,7-12H2,(H,17,20). The number of carbonyl (C=O) groups is 2. The van der Waals surface area contributed by atoms with E-state index in [1.807, 2.05) is 35.2 Å². The monoisotopic (exact) mass is 272 g/mol. The second-order valence-corrected chi connectivity index (χ2v) is 5.80. The molecular formula is C16H20N2O2. The summed E-state index contributed by atoms with van der Waals surface area (Å²) in [7, 11) is 0. The number of rotatable bonds is 1. The van der Waals surface area contributed by atoms with Crippen molar-refractivity contribution in [3.05, 3.63) is 35.9 Å². The van der Waals surface area contributed by atoms with E-state index in [0.717, 1.165) is 44.3 Å². The Hall–Kier alpha value is -1.84. The largest absolute Gasteiger partial charge is 0.356 e. The van der Waals surface area contributed by atoms with Gasteiger partial charge in [-0.25, -0.2) is 0 Å². The number of nitrogens with zero attached hydrogens (tertiary/aromatic N) is 1. The van der Waals surface area contributed by atoms with Crippen LogP contribution in [0.2, 0.25) is 0 Å². The maximum atomic E-state index is 12.5. The van der Waals surface area contributed by atoms with Crippen LogP contribution in [0.1, 0.15) is 36.0 Å². The molecule has 2 aliphatic rings. The first kappa shape index (κ1) is 13.2. The molecule has 1 spiro atoms. The fraction of sp³-hybridized carbons (Fsp3) is 0.500. The SMILES string of the molecule is O=C(c1ccccc1)N1CCCC2(CCNC2=O)CC1. The van der Waals surface area contributed by atoms with Crippen molar-refractivity contribution in [2.45, 2.75) is 25.7 Å². The molecule has 0 aromatic heterocycles. The van der Waals surface area contributed by atoms with Crippen molar-refractivity contribution in [1.29, 1.82) is 0 Å². The summed E-state index contributed by atoms with van der Waals surface area (Å²) in [6.07, 6.45) is 3.51. The Morgan fingerprint density at radius 2 is 1.90 bits per heavy atom. The van der Waals surface area contributed by atoms with E-state index in [1.165, 1.54) is 0 Å². The van der Waals surface area contributed by atoms with E-state index in [2.05, 4.69) is 5.32 Å². The van der Waals surface area contributed by atoms with Crippen molar-refractivity contribution in [2.75, 3.05) is 19.6 Å². The molecule has 0 radical (unpaired) electrons. The number of hydrogen-bond acceptors (Lipinski definition) is 2. The molecule has 0 aliphatic carbocycles. The fourth-order valence-electron chi connectivity index (χ4n) is 3.35. The van der Waals surface area contributed by atoms with Gasteiger partial charge in [-0.1, -0.05) is 18.2 Å². The van der Waals surface area contributed by atoms with Crippen LogP contribution in [0.15, 0.2) is 30.3 Å². The summed E-state index contributed by atoms with van der Waals surface area (Å²) in [6, 6.07) is 9.39. The highest BCUT2D eigenvalue weighted by Gasteiger charge is 2.43. The molecular weight excluding hydrogens is 252 g/mol. The minimum atomic E-state index is -0.217. The lowest BCUT2D eigenvalue weighted by Gasteiger charge is -2.24. The van der Waals surface area contributed by atoms with E-state index in [9.17, 15) is 9.59 Å². The lowest BCUT2D eigenvalue weighted by molar-refractivity contribution is -0.128. The van der Waals surface area contributed by atoms with Gasteiger partial charge in [0.05, 0.1) is 5.41 Å². The summed E-state index contributed by atoms with van der Waals surface area (Å²) in [5.74, 6) is 0.271. The Morgan fingerprint density at radius 3 is 2.60 bits per heavy atom. The van der Waals surface area contributed by atoms with Gasteiger partial charge in [-0.2, -0.15) is 0 Å². The summed E-state index contributed by atoms with van der Waals surface area (Å²) in [5, 5.41) is 2.94. The van der Waals surface area contributed by atoms with Crippen LogP contribution >= 0.6 is 0 Å². The second-order valence-electron chi connectivity index (χ2n) is 5.80. The van der Waals surface area contributed by atoms with Crippen molar-refractivity contribution in [1.82, 2.24) is 10.2 Å². The van der Waals surface area contributed by atoms with Crippen molar-refractivity contribution >= 4 is 11.8 Å². The summed E-state index contributed by atoms with van der Waals surface area (Å²) in [5.41, 5.74) is 0.519. The Balaban J connectivity index is 1.72.